The molecule has 0 bridgehead atoms. The molecule has 1 aliphatic heterocycles. The normalized spacial score (nSPS) is 14.4. The fourth-order valence-electron chi connectivity index (χ4n) is 3.02. The first-order chi connectivity index (χ1) is 12.9. The standard InChI is InChI=1S/C21H23FN2O3/c1-15(2)27-19-9-5-17(6-10-19)21(26)24-13-11-23(12-14-24)20(25)16-3-7-18(22)8-4-16/h3-10,15H,11-14H2,1-2H3. The van der Waals surface area contributed by atoms with E-state index in [0.717, 1.165) is 5.75 Å². The van der Waals surface area contributed by atoms with E-state index in [1.165, 1.54) is 24.3 Å². The summed E-state index contributed by atoms with van der Waals surface area (Å²) in [5.41, 5.74) is 1.06. The molecule has 0 aromatic heterocycles. The number of ether oxygens (including phenoxy) is 1. The number of carbonyl (C=O) groups is 2. The molecule has 27 heavy (non-hydrogen) atoms. The summed E-state index contributed by atoms with van der Waals surface area (Å²) in [5.74, 6) is 0.167. The van der Waals surface area contributed by atoms with Gasteiger partial charge < -0.3 is 14.5 Å². The van der Waals surface area contributed by atoms with Crippen LogP contribution in [0.1, 0.15) is 34.6 Å². The molecule has 1 heterocycles. The molecule has 142 valence electrons. The van der Waals surface area contributed by atoms with Crippen molar-refractivity contribution in [2.45, 2.75) is 20.0 Å². The molecule has 0 unspecified atom stereocenters. The number of piperazine rings is 1. The van der Waals surface area contributed by atoms with Crippen molar-refractivity contribution in [3.8, 4) is 5.75 Å². The van der Waals surface area contributed by atoms with Crippen molar-refractivity contribution < 1.29 is 18.7 Å². The Bertz CT molecular complexity index is 795. The number of hydrogen-bond acceptors (Lipinski definition) is 3. The molecule has 0 radical (unpaired) electrons. The molecule has 0 N–H and O–H groups in total. The molecule has 3 rings (SSSR count). The number of amides is 2. The maximum absolute atomic E-state index is 13.0. The van der Waals surface area contributed by atoms with Crippen molar-refractivity contribution in [2.24, 2.45) is 0 Å². The Labute approximate surface area is 158 Å². The number of nitrogens with zero attached hydrogens (tertiary/aromatic N) is 2. The summed E-state index contributed by atoms with van der Waals surface area (Å²) in [5, 5.41) is 0. The van der Waals surface area contributed by atoms with Crippen molar-refractivity contribution in [2.75, 3.05) is 26.2 Å². The van der Waals surface area contributed by atoms with Crippen molar-refractivity contribution in [3.63, 3.8) is 0 Å². The van der Waals surface area contributed by atoms with Crippen LogP contribution in [0.5, 0.6) is 5.75 Å². The summed E-state index contributed by atoms with van der Waals surface area (Å²) >= 11 is 0. The van der Waals surface area contributed by atoms with Gasteiger partial charge in [0.05, 0.1) is 6.10 Å². The summed E-state index contributed by atoms with van der Waals surface area (Å²) in [6.45, 7) is 5.75. The van der Waals surface area contributed by atoms with Gasteiger partial charge in [-0.3, -0.25) is 9.59 Å². The van der Waals surface area contributed by atoms with E-state index < -0.39 is 0 Å². The second-order valence-corrected chi connectivity index (χ2v) is 6.78. The lowest BCUT2D eigenvalue weighted by molar-refractivity contribution is 0.0535. The molecule has 2 aromatic rings. The van der Waals surface area contributed by atoms with E-state index in [1.54, 1.807) is 34.1 Å². The largest absolute Gasteiger partial charge is 0.491 e. The number of halogens is 1. The van der Waals surface area contributed by atoms with Crippen LogP contribution in [0, 0.1) is 5.82 Å². The van der Waals surface area contributed by atoms with Gasteiger partial charge in [-0.2, -0.15) is 0 Å². The van der Waals surface area contributed by atoms with Crippen LogP contribution in [-0.2, 0) is 0 Å². The molecular weight excluding hydrogens is 347 g/mol. The molecule has 2 aromatic carbocycles. The summed E-state index contributed by atoms with van der Waals surface area (Å²) < 4.78 is 18.6. The summed E-state index contributed by atoms with van der Waals surface area (Å²) in [7, 11) is 0. The van der Waals surface area contributed by atoms with Crippen molar-refractivity contribution >= 4 is 11.8 Å². The fourth-order valence-corrected chi connectivity index (χ4v) is 3.02. The summed E-state index contributed by atoms with van der Waals surface area (Å²) in [6, 6.07) is 12.6. The fraction of sp³-hybridized carbons (Fsp3) is 0.333. The van der Waals surface area contributed by atoms with Gasteiger partial charge in [-0.25, -0.2) is 4.39 Å². The Hall–Kier alpha value is -2.89. The number of carbonyl (C=O) groups excluding carboxylic acids is 2. The minimum Gasteiger partial charge on any atom is -0.491 e. The third kappa shape index (κ3) is 4.64. The van der Waals surface area contributed by atoms with Gasteiger partial charge >= 0.3 is 0 Å². The topological polar surface area (TPSA) is 49.9 Å². The molecule has 6 heteroatoms. The molecule has 0 saturated carbocycles. The smallest absolute Gasteiger partial charge is 0.253 e. The van der Waals surface area contributed by atoms with Gasteiger partial charge in [-0.05, 0) is 62.4 Å². The third-order valence-corrected chi connectivity index (χ3v) is 4.42. The van der Waals surface area contributed by atoms with Crippen molar-refractivity contribution in [3.05, 3.63) is 65.5 Å². The van der Waals surface area contributed by atoms with Gasteiger partial charge in [0, 0.05) is 37.3 Å². The highest BCUT2D eigenvalue weighted by Gasteiger charge is 2.25. The molecule has 1 saturated heterocycles. The molecule has 0 spiro atoms. The van der Waals surface area contributed by atoms with Crippen LogP contribution in [0.25, 0.3) is 0 Å². The van der Waals surface area contributed by atoms with E-state index in [1.807, 2.05) is 13.8 Å². The highest BCUT2D eigenvalue weighted by molar-refractivity contribution is 5.96. The van der Waals surface area contributed by atoms with E-state index in [4.69, 9.17) is 4.74 Å². The first kappa shape index (κ1) is 18.9. The lowest BCUT2D eigenvalue weighted by atomic mass is 10.1. The van der Waals surface area contributed by atoms with Crippen LogP contribution in [0.2, 0.25) is 0 Å². The van der Waals surface area contributed by atoms with E-state index in [2.05, 4.69) is 0 Å². The molecule has 0 aliphatic carbocycles. The van der Waals surface area contributed by atoms with E-state index in [-0.39, 0.29) is 23.7 Å². The predicted octanol–water partition coefficient (Wildman–Crippen LogP) is 3.21. The van der Waals surface area contributed by atoms with Gasteiger partial charge in [0.1, 0.15) is 11.6 Å². The quantitative estimate of drug-likeness (QED) is 0.830. The minimum absolute atomic E-state index is 0.0556. The summed E-state index contributed by atoms with van der Waals surface area (Å²) in [6.07, 6.45) is 0.0817. The molecule has 2 amide bonds. The van der Waals surface area contributed by atoms with Crippen LogP contribution in [0.15, 0.2) is 48.5 Å². The molecule has 1 aliphatic rings. The number of rotatable bonds is 4. The number of hydrogen-bond donors (Lipinski definition) is 0. The van der Waals surface area contributed by atoms with Gasteiger partial charge in [0.15, 0.2) is 0 Å². The molecule has 1 fully saturated rings. The second kappa shape index (κ2) is 8.20. The molecule has 5 nitrogen and oxygen atoms in total. The summed E-state index contributed by atoms with van der Waals surface area (Å²) in [4.78, 5) is 28.6. The zero-order chi connectivity index (χ0) is 19.4. The van der Waals surface area contributed by atoms with Gasteiger partial charge in [-0.1, -0.05) is 0 Å². The average molecular weight is 370 g/mol. The average Bonchev–Trinajstić information content (AvgIpc) is 2.68. The zero-order valence-corrected chi connectivity index (χ0v) is 15.5. The highest BCUT2D eigenvalue weighted by Crippen LogP contribution is 2.17. The van der Waals surface area contributed by atoms with E-state index in [0.29, 0.717) is 37.3 Å². The van der Waals surface area contributed by atoms with Gasteiger partial charge in [0.2, 0.25) is 0 Å². The Morgan fingerprint density at radius 1 is 0.815 bits per heavy atom. The number of benzene rings is 2. The Kier molecular flexibility index (Phi) is 5.74. The van der Waals surface area contributed by atoms with Crippen molar-refractivity contribution in [1.29, 1.82) is 0 Å². The minimum atomic E-state index is -0.369. The van der Waals surface area contributed by atoms with Crippen LogP contribution < -0.4 is 4.74 Å². The third-order valence-electron chi connectivity index (χ3n) is 4.42. The highest BCUT2D eigenvalue weighted by atomic mass is 19.1. The van der Waals surface area contributed by atoms with Crippen LogP contribution >= 0.6 is 0 Å². The second-order valence-electron chi connectivity index (χ2n) is 6.78. The van der Waals surface area contributed by atoms with Crippen LogP contribution in [-0.4, -0.2) is 53.9 Å². The molecular formula is C21H23FN2O3. The Morgan fingerprint density at radius 3 is 1.63 bits per heavy atom. The van der Waals surface area contributed by atoms with Gasteiger partial charge in [0.25, 0.3) is 11.8 Å². The Balaban J connectivity index is 1.57. The lowest BCUT2D eigenvalue weighted by Gasteiger charge is -2.35. The first-order valence-corrected chi connectivity index (χ1v) is 9.05. The zero-order valence-electron chi connectivity index (χ0n) is 15.5. The van der Waals surface area contributed by atoms with E-state index >= 15 is 0 Å². The lowest BCUT2D eigenvalue weighted by Crippen LogP contribution is -2.50. The van der Waals surface area contributed by atoms with Crippen molar-refractivity contribution in [1.82, 2.24) is 9.80 Å². The first-order valence-electron chi connectivity index (χ1n) is 9.05. The maximum Gasteiger partial charge on any atom is 0.253 e. The maximum atomic E-state index is 13.0. The Morgan fingerprint density at radius 2 is 1.22 bits per heavy atom. The predicted molar refractivity (Wildman–Crippen MR) is 100 cm³/mol. The van der Waals surface area contributed by atoms with Crippen LogP contribution in [0.4, 0.5) is 4.39 Å². The molecule has 0 atom stereocenters. The van der Waals surface area contributed by atoms with Crippen LogP contribution in [0.3, 0.4) is 0 Å². The van der Waals surface area contributed by atoms with E-state index in [9.17, 15) is 14.0 Å². The SMILES string of the molecule is CC(C)Oc1ccc(C(=O)N2CCN(C(=O)c3ccc(F)cc3)CC2)cc1. The van der Waals surface area contributed by atoms with Gasteiger partial charge in [-0.15, -0.1) is 0 Å². The monoisotopic (exact) mass is 370 g/mol.